The molecule has 0 aliphatic carbocycles. The number of rotatable bonds is 5. The van der Waals surface area contributed by atoms with Crippen molar-refractivity contribution in [2.75, 3.05) is 12.4 Å². The lowest BCUT2D eigenvalue weighted by molar-refractivity contribution is 0.102. The molecule has 2 heterocycles. The number of aromatic nitrogens is 2. The van der Waals surface area contributed by atoms with Crippen LogP contribution in [0.2, 0.25) is 0 Å². The van der Waals surface area contributed by atoms with Crippen LogP contribution in [0.4, 0.5) is 5.69 Å². The number of carbonyl (C=O) groups excluding carboxylic acids is 1. The van der Waals surface area contributed by atoms with Crippen molar-refractivity contribution in [3.05, 3.63) is 66.4 Å². The van der Waals surface area contributed by atoms with Gasteiger partial charge in [-0.3, -0.25) is 4.79 Å². The van der Waals surface area contributed by atoms with Gasteiger partial charge in [-0.05, 0) is 48.5 Å². The Morgan fingerprint density at radius 1 is 1.07 bits per heavy atom. The molecule has 2 N–H and O–H groups in total. The molecule has 28 heavy (non-hydrogen) atoms. The van der Waals surface area contributed by atoms with Gasteiger partial charge >= 0.3 is 0 Å². The van der Waals surface area contributed by atoms with E-state index in [1.807, 2.05) is 0 Å². The smallest absolute Gasteiger partial charge is 0.283 e. The van der Waals surface area contributed by atoms with Crippen LogP contribution < -0.4 is 10.1 Å². The number of hydrogen-bond acceptors (Lipinski definition) is 7. The number of benzene rings is 2. The second kappa shape index (κ2) is 7.28. The number of anilines is 1. The highest BCUT2D eigenvalue weighted by Gasteiger charge is 2.14. The van der Waals surface area contributed by atoms with Gasteiger partial charge in [0.05, 0.1) is 13.4 Å². The average Bonchev–Trinajstić information content (AvgIpc) is 3.40. The summed E-state index contributed by atoms with van der Waals surface area (Å²) in [6, 6.07) is 14.8. The minimum absolute atomic E-state index is 0.0372. The number of ether oxygens (including phenoxy) is 1. The van der Waals surface area contributed by atoms with Gasteiger partial charge in [-0.25, -0.2) is 0 Å². The summed E-state index contributed by atoms with van der Waals surface area (Å²) in [4.78, 5) is 12.5. The molecule has 8 heteroatoms. The number of aromatic hydroxyl groups is 1. The van der Waals surface area contributed by atoms with Crippen molar-refractivity contribution in [3.8, 4) is 34.6 Å². The van der Waals surface area contributed by atoms with Crippen molar-refractivity contribution in [2.45, 2.75) is 0 Å². The lowest BCUT2D eigenvalue weighted by Crippen LogP contribution is -2.11. The maximum atomic E-state index is 12.5. The Morgan fingerprint density at radius 3 is 2.71 bits per heavy atom. The largest absolute Gasteiger partial charge is 0.504 e. The lowest BCUT2D eigenvalue weighted by atomic mass is 10.1. The third-order valence-electron chi connectivity index (χ3n) is 3.97. The van der Waals surface area contributed by atoms with Gasteiger partial charge in [0.15, 0.2) is 17.3 Å². The average molecular weight is 377 g/mol. The zero-order chi connectivity index (χ0) is 19.5. The highest BCUT2D eigenvalue weighted by Crippen LogP contribution is 2.28. The minimum Gasteiger partial charge on any atom is -0.504 e. The van der Waals surface area contributed by atoms with Gasteiger partial charge in [-0.15, -0.1) is 10.2 Å². The first-order chi connectivity index (χ1) is 13.6. The number of phenolic OH excluding ortho intramolecular Hbond substituents is 1. The Labute approximate surface area is 159 Å². The second-order valence-corrected chi connectivity index (χ2v) is 5.81. The number of nitrogens with one attached hydrogen (secondary N) is 1. The topological polar surface area (TPSA) is 111 Å². The SMILES string of the molecule is COc1cc(C(=O)Nc2cccc(-c3nnc(-c4ccco4)o3)c2)ccc1O. The lowest BCUT2D eigenvalue weighted by Gasteiger charge is -2.08. The first kappa shape index (κ1) is 17.3. The van der Waals surface area contributed by atoms with Crippen molar-refractivity contribution in [1.82, 2.24) is 10.2 Å². The second-order valence-electron chi connectivity index (χ2n) is 5.81. The summed E-state index contributed by atoms with van der Waals surface area (Å²) >= 11 is 0. The molecule has 4 rings (SSSR count). The first-order valence-corrected chi connectivity index (χ1v) is 8.30. The molecule has 0 unspecified atom stereocenters. The fourth-order valence-corrected chi connectivity index (χ4v) is 2.59. The fourth-order valence-electron chi connectivity index (χ4n) is 2.59. The summed E-state index contributed by atoms with van der Waals surface area (Å²) < 4.78 is 15.9. The first-order valence-electron chi connectivity index (χ1n) is 8.30. The van der Waals surface area contributed by atoms with Crippen molar-refractivity contribution in [3.63, 3.8) is 0 Å². The van der Waals surface area contributed by atoms with Crippen LogP contribution in [0.3, 0.4) is 0 Å². The van der Waals surface area contributed by atoms with Gasteiger partial charge in [0.1, 0.15) is 0 Å². The van der Waals surface area contributed by atoms with Gasteiger partial charge in [0.25, 0.3) is 11.8 Å². The van der Waals surface area contributed by atoms with E-state index in [0.29, 0.717) is 28.5 Å². The molecule has 2 aromatic heterocycles. The van der Waals surface area contributed by atoms with Crippen molar-refractivity contribution in [1.29, 1.82) is 0 Å². The molecule has 8 nitrogen and oxygen atoms in total. The van der Waals surface area contributed by atoms with Crippen LogP contribution in [-0.4, -0.2) is 28.3 Å². The fraction of sp³-hybridized carbons (Fsp3) is 0.0500. The predicted octanol–water partition coefficient (Wildman–Crippen LogP) is 3.96. The van der Waals surface area contributed by atoms with Crippen LogP contribution in [0.5, 0.6) is 11.5 Å². The number of carbonyl (C=O) groups is 1. The molecular formula is C20H15N3O5. The van der Waals surface area contributed by atoms with E-state index in [4.69, 9.17) is 13.6 Å². The van der Waals surface area contributed by atoms with Gasteiger partial charge < -0.3 is 24.0 Å². The maximum Gasteiger partial charge on any atom is 0.283 e. The standard InChI is InChI=1S/C20H15N3O5/c1-26-17-11-12(7-8-15(17)24)18(25)21-14-5-2-4-13(10-14)19-22-23-20(28-19)16-6-3-9-27-16/h2-11,24H,1H3,(H,21,25). The van der Waals surface area contributed by atoms with E-state index in [1.54, 1.807) is 36.4 Å². The van der Waals surface area contributed by atoms with Gasteiger partial charge in [-0.1, -0.05) is 6.07 Å². The van der Waals surface area contributed by atoms with Crippen LogP contribution in [0.25, 0.3) is 23.1 Å². The number of hydrogen-bond donors (Lipinski definition) is 2. The monoisotopic (exact) mass is 377 g/mol. The Balaban J connectivity index is 1.55. The van der Waals surface area contributed by atoms with Gasteiger partial charge in [0.2, 0.25) is 5.89 Å². The number of furan rings is 1. The minimum atomic E-state index is -0.350. The van der Waals surface area contributed by atoms with E-state index in [2.05, 4.69) is 15.5 Å². The van der Waals surface area contributed by atoms with E-state index >= 15 is 0 Å². The Morgan fingerprint density at radius 2 is 1.93 bits per heavy atom. The molecule has 0 saturated carbocycles. The molecule has 2 aromatic carbocycles. The number of methoxy groups -OCH3 is 1. The highest BCUT2D eigenvalue weighted by molar-refractivity contribution is 6.04. The zero-order valence-electron chi connectivity index (χ0n) is 14.7. The zero-order valence-corrected chi connectivity index (χ0v) is 14.7. The molecule has 0 spiro atoms. The molecular weight excluding hydrogens is 362 g/mol. The Bertz CT molecular complexity index is 1120. The van der Waals surface area contributed by atoms with Crippen molar-refractivity contribution in [2.24, 2.45) is 0 Å². The Hall–Kier alpha value is -4.07. The highest BCUT2D eigenvalue weighted by atomic mass is 16.5. The third kappa shape index (κ3) is 3.43. The summed E-state index contributed by atoms with van der Waals surface area (Å²) in [7, 11) is 1.42. The van der Waals surface area contributed by atoms with Crippen LogP contribution in [-0.2, 0) is 0 Å². The molecule has 4 aromatic rings. The number of nitrogens with zero attached hydrogens (tertiary/aromatic N) is 2. The van der Waals surface area contributed by atoms with Crippen LogP contribution in [0.15, 0.2) is 69.7 Å². The summed E-state index contributed by atoms with van der Waals surface area (Å²) in [6.07, 6.45) is 1.52. The van der Waals surface area contributed by atoms with E-state index in [9.17, 15) is 9.90 Å². The van der Waals surface area contributed by atoms with Crippen LogP contribution in [0, 0.1) is 0 Å². The van der Waals surface area contributed by atoms with E-state index in [0.717, 1.165) is 0 Å². The normalized spacial score (nSPS) is 10.6. The third-order valence-corrected chi connectivity index (χ3v) is 3.97. The summed E-state index contributed by atoms with van der Waals surface area (Å²) in [6.45, 7) is 0. The molecule has 0 bridgehead atoms. The number of amides is 1. The van der Waals surface area contributed by atoms with Gasteiger partial charge in [0, 0.05) is 16.8 Å². The van der Waals surface area contributed by atoms with Gasteiger partial charge in [-0.2, -0.15) is 0 Å². The summed E-state index contributed by atoms with van der Waals surface area (Å²) in [5.74, 6) is 0.878. The summed E-state index contributed by atoms with van der Waals surface area (Å²) in [5.41, 5.74) is 1.54. The van der Waals surface area contributed by atoms with Crippen LogP contribution >= 0.6 is 0 Å². The Kier molecular flexibility index (Phi) is 4.51. The molecule has 0 atom stereocenters. The molecule has 0 aliphatic rings. The molecule has 140 valence electrons. The van der Waals surface area contributed by atoms with Crippen LogP contribution in [0.1, 0.15) is 10.4 Å². The molecule has 0 saturated heterocycles. The molecule has 1 amide bonds. The molecule has 0 fully saturated rings. The molecule has 0 radical (unpaired) electrons. The summed E-state index contributed by atoms with van der Waals surface area (Å²) in [5, 5.41) is 20.4. The van der Waals surface area contributed by atoms with E-state index < -0.39 is 0 Å². The van der Waals surface area contributed by atoms with Crippen molar-refractivity contribution < 1.29 is 23.5 Å². The van der Waals surface area contributed by atoms with E-state index in [1.165, 1.54) is 31.6 Å². The number of phenols is 1. The van der Waals surface area contributed by atoms with E-state index in [-0.39, 0.29) is 23.3 Å². The maximum absolute atomic E-state index is 12.5. The molecule has 0 aliphatic heterocycles. The quantitative estimate of drug-likeness (QED) is 0.541. The predicted molar refractivity (Wildman–Crippen MR) is 100 cm³/mol. The van der Waals surface area contributed by atoms with Crippen molar-refractivity contribution >= 4 is 11.6 Å².